The Morgan fingerprint density at radius 1 is 1.26 bits per heavy atom. The number of nitrogens with one attached hydrogen (secondary N) is 1. The van der Waals surface area contributed by atoms with Crippen LogP contribution in [0.5, 0.6) is 11.5 Å². The SMILES string of the molecule is CC1(C)Cc2cccc(OCC(=O)NCC3CC(=O)N(Cc4ccc(F)cc4)C3)c2O1. The van der Waals surface area contributed by atoms with Gasteiger partial charge in [0.15, 0.2) is 18.1 Å². The molecule has 1 fully saturated rings. The monoisotopic (exact) mass is 426 g/mol. The Balaban J connectivity index is 1.23. The second kappa shape index (κ2) is 8.57. The lowest BCUT2D eigenvalue weighted by molar-refractivity contribution is -0.128. The van der Waals surface area contributed by atoms with Crippen LogP contribution in [0.2, 0.25) is 0 Å². The van der Waals surface area contributed by atoms with Crippen molar-refractivity contribution >= 4 is 11.8 Å². The van der Waals surface area contributed by atoms with Gasteiger partial charge in [-0.05, 0) is 37.6 Å². The summed E-state index contributed by atoms with van der Waals surface area (Å²) in [4.78, 5) is 26.3. The Kier molecular flexibility index (Phi) is 5.85. The van der Waals surface area contributed by atoms with Gasteiger partial charge in [0.05, 0.1) is 0 Å². The first kappa shape index (κ1) is 21.2. The van der Waals surface area contributed by atoms with Crippen molar-refractivity contribution in [3.8, 4) is 11.5 Å². The number of benzene rings is 2. The Morgan fingerprint density at radius 3 is 2.81 bits per heavy atom. The second-order valence-electron chi connectivity index (χ2n) is 8.85. The van der Waals surface area contributed by atoms with E-state index in [9.17, 15) is 14.0 Å². The number of nitrogens with zero attached hydrogens (tertiary/aromatic N) is 1. The Morgan fingerprint density at radius 2 is 2.03 bits per heavy atom. The van der Waals surface area contributed by atoms with E-state index in [-0.39, 0.29) is 35.8 Å². The molecule has 164 valence electrons. The van der Waals surface area contributed by atoms with Crippen LogP contribution in [-0.4, -0.2) is 42.0 Å². The van der Waals surface area contributed by atoms with Crippen molar-refractivity contribution < 1.29 is 23.5 Å². The van der Waals surface area contributed by atoms with E-state index in [1.807, 2.05) is 26.0 Å². The number of amides is 2. The van der Waals surface area contributed by atoms with E-state index in [4.69, 9.17) is 9.47 Å². The van der Waals surface area contributed by atoms with Crippen molar-refractivity contribution in [2.24, 2.45) is 5.92 Å². The van der Waals surface area contributed by atoms with Crippen molar-refractivity contribution in [2.75, 3.05) is 19.7 Å². The molecule has 1 unspecified atom stereocenters. The molecule has 2 aliphatic heterocycles. The van der Waals surface area contributed by atoms with Crippen molar-refractivity contribution in [1.82, 2.24) is 10.2 Å². The normalized spacial score (nSPS) is 19.1. The predicted octanol–water partition coefficient (Wildman–Crippen LogP) is 3.08. The molecule has 2 aliphatic rings. The maximum absolute atomic E-state index is 13.0. The lowest BCUT2D eigenvalue weighted by atomic mass is 10.0. The van der Waals surface area contributed by atoms with Crippen molar-refractivity contribution in [3.05, 3.63) is 59.4 Å². The average Bonchev–Trinajstić information content (AvgIpc) is 3.24. The van der Waals surface area contributed by atoms with Crippen LogP contribution >= 0.6 is 0 Å². The van der Waals surface area contributed by atoms with Crippen molar-refractivity contribution in [3.63, 3.8) is 0 Å². The summed E-state index contributed by atoms with van der Waals surface area (Å²) in [6.07, 6.45) is 1.19. The summed E-state index contributed by atoms with van der Waals surface area (Å²) < 4.78 is 24.7. The number of likely N-dealkylation sites (tertiary alicyclic amines) is 1. The largest absolute Gasteiger partial charge is 0.483 e. The average molecular weight is 426 g/mol. The number of hydrogen-bond acceptors (Lipinski definition) is 4. The molecular weight excluding hydrogens is 399 g/mol. The summed E-state index contributed by atoms with van der Waals surface area (Å²) in [5.41, 5.74) is 1.68. The summed E-state index contributed by atoms with van der Waals surface area (Å²) in [5, 5.41) is 2.86. The van der Waals surface area contributed by atoms with Gasteiger partial charge < -0.3 is 19.7 Å². The zero-order valence-corrected chi connectivity index (χ0v) is 17.8. The van der Waals surface area contributed by atoms with E-state index in [0.29, 0.717) is 37.6 Å². The molecule has 7 heteroatoms. The molecule has 2 amide bonds. The summed E-state index contributed by atoms with van der Waals surface area (Å²) in [6.45, 7) is 5.34. The number of para-hydroxylation sites is 1. The number of fused-ring (bicyclic) bond motifs is 1. The highest BCUT2D eigenvalue weighted by Gasteiger charge is 2.32. The van der Waals surface area contributed by atoms with Crippen LogP contribution in [0.15, 0.2) is 42.5 Å². The highest BCUT2D eigenvalue weighted by atomic mass is 19.1. The topological polar surface area (TPSA) is 67.9 Å². The van der Waals surface area contributed by atoms with Gasteiger partial charge in [0.25, 0.3) is 5.91 Å². The molecule has 1 saturated heterocycles. The third-order valence-electron chi connectivity index (χ3n) is 5.58. The van der Waals surface area contributed by atoms with Crippen LogP contribution in [0.4, 0.5) is 4.39 Å². The lowest BCUT2D eigenvalue weighted by Crippen LogP contribution is -2.34. The van der Waals surface area contributed by atoms with E-state index < -0.39 is 0 Å². The summed E-state index contributed by atoms with van der Waals surface area (Å²) in [5.74, 6) is 0.827. The van der Waals surface area contributed by atoms with Gasteiger partial charge in [-0.2, -0.15) is 0 Å². The minimum absolute atomic E-state index is 0.0411. The molecule has 2 aromatic rings. The fourth-order valence-electron chi connectivity index (χ4n) is 4.11. The molecule has 0 bridgehead atoms. The van der Waals surface area contributed by atoms with E-state index in [2.05, 4.69) is 5.32 Å². The number of hydrogen-bond donors (Lipinski definition) is 1. The molecule has 0 radical (unpaired) electrons. The van der Waals surface area contributed by atoms with E-state index in [0.717, 1.165) is 17.5 Å². The summed E-state index contributed by atoms with van der Waals surface area (Å²) in [7, 11) is 0. The standard InChI is InChI=1S/C24H27FN2O4/c1-24(2)11-18-4-3-5-20(23(18)31-24)30-15-21(28)26-12-17-10-22(29)27(14-17)13-16-6-8-19(25)9-7-16/h3-9,17H,10-15H2,1-2H3,(H,26,28). The molecule has 1 atom stereocenters. The van der Waals surface area contributed by atoms with E-state index in [1.54, 1.807) is 23.1 Å². The molecule has 0 saturated carbocycles. The van der Waals surface area contributed by atoms with Gasteiger partial charge in [0.2, 0.25) is 5.91 Å². The molecule has 6 nitrogen and oxygen atoms in total. The lowest BCUT2D eigenvalue weighted by Gasteiger charge is -2.18. The van der Waals surface area contributed by atoms with Crippen molar-refractivity contribution in [1.29, 1.82) is 0 Å². The van der Waals surface area contributed by atoms with Crippen LogP contribution in [0.25, 0.3) is 0 Å². The van der Waals surface area contributed by atoms with Crippen LogP contribution < -0.4 is 14.8 Å². The minimum Gasteiger partial charge on any atom is -0.483 e. The zero-order valence-electron chi connectivity index (χ0n) is 17.8. The third kappa shape index (κ3) is 5.16. The molecule has 0 aliphatic carbocycles. The van der Waals surface area contributed by atoms with Gasteiger partial charge in [-0.25, -0.2) is 4.39 Å². The van der Waals surface area contributed by atoms with Gasteiger partial charge in [0, 0.05) is 44.0 Å². The Bertz CT molecular complexity index is 974. The predicted molar refractivity (Wildman–Crippen MR) is 113 cm³/mol. The smallest absolute Gasteiger partial charge is 0.257 e. The molecule has 2 aromatic carbocycles. The van der Waals surface area contributed by atoms with Gasteiger partial charge >= 0.3 is 0 Å². The number of rotatable bonds is 7. The van der Waals surface area contributed by atoms with Crippen LogP contribution in [0.3, 0.4) is 0 Å². The minimum atomic E-state index is -0.296. The fourth-order valence-corrected chi connectivity index (χ4v) is 4.11. The van der Waals surface area contributed by atoms with Crippen LogP contribution in [0, 0.1) is 11.7 Å². The molecule has 4 rings (SSSR count). The maximum atomic E-state index is 13.0. The van der Waals surface area contributed by atoms with Crippen LogP contribution in [-0.2, 0) is 22.6 Å². The van der Waals surface area contributed by atoms with Gasteiger partial charge in [-0.15, -0.1) is 0 Å². The zero-order chi connectivity index (χ0) is 22.0. The second-order valence-corrected chi connectivity index (χ2v) is 8.85. The first-order chi connectivity index (χ1) is 14.8. The molecule has 31 heavy (non-hydrogen) atoms. The van der Waals surface area contributed by atoms with Gasteiger partial charge in [-0.1, -0.05) is 24.3 Å². The number of ether oxygens (including phenoxy) is 2. The van der Waals surface area contributed by atoms with Crippen LogP contribution in [0.1, 0.15) is 31.4 Å². The number of carbonyl (C=O) groups is 2. The highest BCUT2D eigenvalue weighted by molar-refractivity contribution is 5.80. The molecule has 1 N–H and O–H groups in total. The molecule has 2 heterocycles. The van der Waals surface area contributed by atoms with Crippen molar-refractivity contribution in [2.45, 2.75) is 38.8 Å². The Hall–Kier alpha value is -3.09. The molecule has 0 aromatic heterocycles. The van der Waals surface area contributed by atoms with Gasteiger partial charge in [-0.3, -0.25) is 9.59 Å². The number of carbonyl (C=O) groups excluding carboxylic acids is 2. The van der Waals surface area contributed by atoms with Gasteiger partial charge in [0.1, 0.15) is 11.4 Å². The Labute approximate surface area is 181 Å². The molecule has 0 spiro atoms. The third-order valence-corrected chi connectivity index (χ3v) is 5.58. The fraction of sp³-hybridized carbons (Fsp3) is 0.417. The summed E-state index contributed by atoms with van der Waals surface area (Å²) >= 11 is 0. The summed E-state index contributed by atoms with van der Waals surface area (Å²) in [6, 6.07) is 11.9. The quantitative estimate of drug-likeness (QED) is 0.739. The first-order valence-corrected chi connectivity index (χ1v) is 10.5. The highest BCUT2D eigenvalue weighted by Crippen LogP contribution is 2.41. The molecular formula is C24H27FN2O4. The number of halogens is 1. The first-order valence-electron chi connectivity index (χ1n) is 10.5. The maximum Gasteiger partial charge on any atom is 0.257 e. The van der Waals surface area contributed by atoms with E-state index in [1.165, 1.54) is 12.1 Å². The van der Waals surface area contributed by atoms with E-state index >= 15 is 0 Å².